The molecule has 1 unspecified atom stereocenters. The van der Waals surface area contributed by atoms with E-state index in [2.05, 4.69) is 5.32 Å². The van der Waals surface area contributed by atoms with Crippen LogP contribution in [0.5, 0.6) is 5.75 Å². The molecule has 0 saturated heterocycles. The third-order valence-corrected chi connectivity index (χ3v) is 2.93. The molecule has 0 aliphatic rings. The standard InChI is InChI=1S/C15H16N2O3/c16-11-7-5-10(6-8-11)14(19)9-17-15(20)12-3-1-2-4-13(12)18/h1-8,14,18-19H,9,16H2,(H,17,20). The number of hydrogen-bond acceptors (Lipinski definition) is 4. The Morgan fingerprint density at radius 3 is 2.45 bits per heavy atom. The Morgan fingerprint density at radius 1 is 1.15 bits per heavy atom. The van der Waals surface area contributed by atoms with Gasteiger partial charge in [0.25, 0.3) is 5.91 Å². The molecule has 0 fully saturated rings. The molecule has 0 aliphatic heterocycles. The number of para-hydroxylation sites is 1. The second-order valence-electron chi connectivity index (χ2n) is 4.41. The first-order valence-electron chi connectivity index (χ1n) is 6.17. The van der Waals surface area contributed by atoms with Crippen LogP contribution in [0.2, 0.25) is 0 Å². The van der Waals surface area contributed by atoms with Crippen LogP contribution in [0, 0.1) is 0 Å². The molecule has 104 valence electrons. The lowest BCUT2D eigenvalue weighted by Crippen LogP contribution is -2.28. The number of phenolic OH excluding ortho intramolecular Hbond substituents is 1. The first-order valence-corrected chi connectivity index (χ1v) is 6.17. The number of carbonyl (C=O) groups is 1. The molecule has 0 bridgehead atoms. The van der Waals surface area contributed by atoms with Crippen molar-refractivity contribution in [3.05, 3.63) is 59.7 Å². The van der Waals surface area contributed by atoms with E-state index in [9.17, 15) is 15.0 Å². The van der Waals surface area contributed by atoms with E-state index in [1.165, 1.54) is 12.1 Å². The molecule has 5 nitrogen and oxygen atoms in total. The normalized spacial score (nSPS) is 11.8. The largest absolute Gasteiger partial charge is 0.507 e. The summed E-state index contributed by atoms with van der Waals surface area (Å²) in [5, 5.41) is 22.1. The number of benzene rings is 2. The lowest BCUT2D eigenvalue weighted by atomic mass is 10.1. The highest BCUT2D eigenvalue weighted by Gasteiger charge is 2.13. The second-order valence-corrected chi connectivity index (χ2v) is 4.41. The molecule has 5 heteroatoms. The molecule has 0 saturated carbocycles. The van der Waals surface area contributed by atoms with Gasteiger partial charge in [-0.25, -0.2) is 0 Å². The number of nitrogen functional groups attached to an aromatic ring is 1. The predicted molar refractivity (Wildman–Crippen MR) is 76.3 cm³/mol. The number of anilines is 1. The molecule has 0 aliphatic carbocycles. The fourth-order valence-corrected chi connectivity index (χ4v) is 1.79. The lowest BCUT2D eigenvalue weighted by Gasteiger charge is -2.13. The summed E-state index contributed by atoms with van der Waals surface area (Å²) in [5.41, 5.74) is 7.01. The number of hydrogen-bond donors (Lipinski definition) is 4. The molecular weight excluding hydrogens is 256 g/mol. The third-order valence-electron chi connectivity index (χ3n) is 2.93. The number of aliphatic hydroxyl groups excluding tert-OH is 1. The molecule has 2 rings (SSSR count). The minimum Gasteiger partial charge on any atom is -0.507 e. The monoisotopic (exact) mass is 272 g/mol. The van der Waals surface area contributed by atoms with Gasteiger partial charge in [-0.1, -0.05) is 24.3 Å². The van der Waals surface area contributed by atoms with Crippen molar-refractivity contribution < 1.29 is 15.0 Å². The van der Waals surface area contributed by atoms with Gasteiger partial charge >= 0.3 is 0 Å². The number of aromatic hydroxyl groups is 1. The van der Waals surface area contributed by atoms with Crippen LogP contribution in [0.15, 0.2) is 48.5 Å². The van der Waals surface area contributed by atoms with Crippen molar-refractivity contribution in [3.63, 3.8) is 0 Å². The molecule has 0 radical (unpaired) electrons. The third kappa shape index (κ3) is 3.27. The van der Waals surface area contributed by atoms with E-state index in [-0.39, 0.29) is 17.9 Å². The first-order chi connectivity index (χ1) is 9.58. The molecule has 0 heterocycles. The van der Waals surface area contributed by atoms with E-state index in [1.807, 2.05) is 0 Å². The molecule has 0 aromatic heterocycles. The average molecular weight is 272 g/mol. The highest BCUT2D eigenvalue weighted by molar-refractivity contribution is 5.96. The number of rotatable bonds is 4. The minimum atomic E-state index is -0.828. The second kappa shape index (κ2) is 6.08. The van der Waals surface area contributed by atoms with Crippen LogP contribution < -0.4 is 11.1 Å². The average Bonchev–Trinajstić information content (AvgIpc) is 2.45. The molecule has 0 spiro atoms. The quantitative estimate of drug-likeness (QED) is 0.633. The van der Waals surface area contributed by atoms with Gasteiger partial charge in [0.15, 0.2) is 0 Å². The van der Waals surface area contributed by atoms with E-state index < -0.39 is 12.0 Å². The summed E-state index contributed by atoms with van der Waals surface area (Å²) < 4.78 is 0. The maximum absolute atomic E-state index is 11.9. The van der Waals surface area contributed by atoms with Gasteiger partial charge in [-0.05, 0) is 29.8 Å². The fraction of sp³-hybridized carbons (Fsp3) is 0.133. The summed E-state index contributed by atoms with van der Waals surface area (Å²) in [7, 11) is 0. The van der Waals surface area contributed by atoms with Crippen LogP contribution in [-0.2, 0) is 0 Å². The predicted octanol–water partition coefficient (Wildman–Crippen LogP) is 1.44. The molecule has 2 aromatic rings. The molecule has 5 N–H and O–H groups in total. The highest BCUT2D eigenvalue weighted by atomic mass is 16.3. The summed E-state index contributed by atoms with van der Waals surface area (Å²) in [4.78, 5) is 11.9. The Bertz CT molecular complexity index is 596. The van der Waals surface area contributed by atoms with E-state index in [4.69, 9.17) is 5.73 Å². The number of amides is 1. The summed E-state index contributed by atoms with van der Waals surface area (Å²) in [6.45, 7) is 0.0527. The Hall–Kier alpha value is -2.53. The molecule has 1 atom stereocenters. The number of aliphatic hydroxyl groups is 1. The van der Waals surface area contributed by atoms with Crippen LogP contribution in [-0.4, -0.2) is 22.7 Å². The van der Waals surface area contributed by atoms with Crippen molar-refractivity contribution in [2.75, 3.05) is 12.3 Å². The van der Waals surface area contributed by atoms with Gasteiger partial charge in [-0.15, -0.1) is 0 Å². The van der Waals surface area contributed by atoms with E-state index in [0.29, 0.717) is 11.3 Å². The van der Waals surface area contributed by atoms with E-state index >= 15 is 0 Å². The number of phenols is 1. The van der Waals surface area contributed by atoms with Gasteiger partial charge in [0, 0.05) is 12.2 Å². The van der Waals surface area contributed by atoms with Crippen molar-refractivity contribution in [2.24, 2.45) is 0 Å². The maximum Gasteiger partial charge on any atom is 0.255 e. The van der Waals surface area contributed by atoms with Gasteiger partial charge in [0.2, 0.25) is 0 Å². The van der Waals surface area contributed by atoms with Crippen LogP contribution in [0.3, 0.4) is 0 Å². The molecule has 1 amide bonds. The van der Waals surface area contributed by atoms with Crippen LogP contribution in [0.1, 0.15) is 22.0 Å². The zero-order valence-corrected chi connectivity index (χ0v) is 10.8. The van der Waals surface area contributed by atoms with Gasteiger partial charge in [-0.3, -0.25) is 4.79 Å². The van der Waals surface area contributed by atoms with Gasteiger partial charge < -0.3 is 21.3 Å². The number of nitrogens with two attached hydrogens (primary N) is 1. The zero-order valence-electron chi connectivity index (χ0n) is 10.8. The SMILES string of the molecule is Nc1ccc(C(O)CNC(=O)c2ccccc2O)cc1. The Morgan fingerprint density at radius 2 is 1.80 bits per heavy atom. The summed E-state index contributed by atoms with van der Waals surface area (Å²) in [5.74, 6) is -0.524. The number of carbonyl (C=O) groups excluding carboxylic acids is 1. The topological polar surface area (TPSA) is 95.6 Å². The Labute approximate surface area is 116 Å². The van der Waals surface area contributed by atoms with Crippen molar-refractivity contribution >= 4 is 11.6 Å². The minimum absolute atomic E-state index is 0.0527. The van der Waals surface area contributed by atoms with Crippen molar-refractivity contribution in [3.8, 4) is 5.75 Å². The van der Waals surface area contributed by atoms with Gasteiger partial charge in [0.1, 0.15) is 5.75 Å². The smallest absolute Gasteiger partial charge is 0.255 e. The van der Waals surface area contributed by atoms with Crippen molar-refractivity contribution in [1.29, 1.82) is 0 Å². The lowest BCUT2D eigenvalue weighted by molar-refractivity contribution is 0.0913. The summed E-state index contributed by atoms with van der Waals surface area (Å²) in [6.07, 6.45) is -0.828. The molecule has 20 heavy (non-hydrogen) atoms. The Balaban J connectivity index is 1.97. The Kier molecular flexibility index (Phi) is 4.22. The summed E-state index contributed by atoms with van der Waals surface area (Å²) >= 11 is 0. The van der Waals surface area contributed by atoms with Gasteiger partial charge in [-0.2, -0.15) is 0 Å². The van der Waals surface area contributed by atoms with E-state index in [1.54, 1.807) is 36.4 Å². The summed E-state index contributed by atoms with van der Waals surface area (Å²) in [6, 6.07) is 13.0. The van der Waals surface area contributed by atoms with Crippen LogP contribution in [0.25, 0.3) is 0 Å². The molecule has 2 aromatic carbocycles. The van der Waals surface area contributed by atoms with Crippen molar-refractivity contribution in [1.82, 2.24) is 5.32 Å². The van der Waals surface area contributed by atoms with E-state index in [0.717, 1.165) is 0 Å². The van der Waals surface area contributed by atoms with Gasteiger partial charge in [0.05, 0.1) is 11.7 Å². The van der Waals surface area contributed by atoms with Crippen LogP contribution in [0.4, 0.5) is 5.69 Å². The number of nitrogens with one attached hydrogen (secondary N) is 1. The highest BCUT2D eigenvalue weighted by Crippen LogP contribution is 2.17. The fourth-order valence-electron chi connectivity index (χ4n) is 1.79. The molecular formula is C15H16N2O3. The van der Waals surface area contributed by atoms with Crippen LogP contribution >= 0.6 is 0 Å². The zero-order chi connectivity index (χ0) is 14.5. The maximum atomic E-state index is 11.9. The van der Waals surface area contributed by atoms with Crippen molar-refractivity contribution in [2.45, 2.75) is 6.10 Å². The first kappa shape index (κ1) is 13.9.